The molecule has 5 heteroatoms. The van der Waals surface area contributed by atoms with E-state index >= 15 is 0 Å². The van der Waals surface area contributed by atoms with Crippen LogP contribution in [-0.2, 0) is 9.59 Å². The van der Waals surface area contributed by atoms with E-state index in [2.05, 4.69) is 43.0 Å². The number of benzene rings is 1. The van der Waals surface area contributed by atoms with Crippen LogP contribution in [0.4, 0.5) is 5.69 Å². The maximum absolute atomic E-state index is 13.3. The summed E-state index contributed by atoms with van der Waals surface area (Å²) >= 11 is 0. The number of hydrogen-bond donors (Lipinski definition) is 1. The summed E-state index contributed by atoms with van der Waals surface area (Å²) in [6, 6.07) is 8.76. The Morgan fingerprint density at radius 3 is 2.11 bits per heavy atom. The van der Waals surface area contributed by atoms with Gasteiger partial charge in [-0.05, 0) is 63.5 Å². The van der Waals surface area contributed by atoms with Crippen molar-refractivity contribution in [3.8, 4) is 0 Å². The molecule has 5 nitrogen and oxygen atoms in total. The third-order valence-electron chi connectivity index (χ3n) is 7.09. The van der Waals surface area contributed by atoms with E-state index < -0.39 is 11.9 Å². The SMILES string of the molecule is Cc1ccc(N2CCN(C(=O)[C@@H]3C4CCC(CC4)[C@@H]3C(=O)O)C[C@@H]2C)cc1. The molecule has 4 fully saturated rings. The van der Waals surface area contributed by atoms with Gasteiger partial charge >= 0.3 is 5.97 Å². The van der Waals surface area contributed by atoms with Crippen molar-refractivity contribution in [1.82, 2.24) is 4.90 Å². The van der Waals surface area contributed by atoms with Crippen LogP contribution in [0.15, 0.2) is 24.3 Å². The van der Waals surface area contributed by atoms with Crippen molar-refractivity contribution in [2.24, 2.45) is 23.7 Å². The molecule has 0 spiro atoms. The van der Waals surface area contributed by atoms with Crippen molar-refractivity contribution in [1.29, 1.82) is 0 Å². The van der Waals surface area contributed by atoms with Gasteiger partial charge in [0.1, 0.15) is 0 Å². The van der Waals surface area contributed by atoms with E-state index in [1.807, 2.05) is 4.90 Å². The average Bonchev–Trinajstić information content (AvgIpc) is 2.68. The molecule has 0 radical (unpaired) electrons. The van der Waals surface area contributed by atoms with Crippen molar-refractivity contribution < 1.29 is 14.7 Å². The maximum Gasteiger partial charge on any atom is 0.307 e. The molecule has 1 amide bonds. The van der Waals surface area contributed by atoms with Gasteiger partial charge in [0.15, 0.2) is 0 Å². The molecular formula is C22H30N2O3. The highest BCUT2D eigenvalue weighted by Crippen LogP contribution is 2.49. The van der Waals surface area contributed by atoms with Crippen molar-refractivity contribution in [2.75, 3.05) is 24.5 Å². The first-order chi connectivity index (χ1) is 13.0. The summed E-state index contributed by atoms with van der Waals surface area (Å²) in [5.41, 5.74) is 2.44. The van der Waals surface area contributed by atoms with Gasteiger partial charge in [-0.2, -0.15) is 0 Å². The largest absolute Gasteiger partial charge is 0.481 e. The number of carbonyl (C=O) groups excluding carboxylic acids is 1. The summed E-state index contributed by atoms with van der Waals surface area (Å²) in [6.45, 7) is 6.39. The standard InChI is InChI=1S/C22H30N2O3/c1-14-3-9-18(10-4-14)24-12-11-23(13-15(24)2)21(25)19-16-5-7-17(8-6-16)20(19)22(26)27/h3-4,9-10,15-17,19-20H,5-8,11-13H2,1-2H3,(H,26,27)/t15-,16?,17?,19+,20-/m0/s1. The lowest BCUT2D eigenvalue weighted by Crippen LogP contribution is -2.58. The summed E-state index contributed by atoms with van der Waals surface area (Å²) in [5.74, 6) is -1.02. The summed E-state index contributed by atoms with van der Waals surface area (Å²) in [5, 5.41) is 9.76. The molecule has 27 heavy (non-hydrogen) atoms. The van der Waals surface area contributed by atoms with Gasteiger partial charge < -0.3 is 14.9 Å². The average molecular weight is 370 g/mol. The Bertz CT molecular complexity index is 709. The Balaban J connectivity index is 1.47. The zero-order valence-electron chi connectivity index (χ0n) is 16.3. The normalized spacial score (nSPS) is 33.2. The lowest BCUT2D eigenvalue weighted by Gasteiger charge is -2.49. The van der Waals surface area contributed by atoms with Crippen molar-refractivity contribution in [3.63, 3.8) is 0 Å². The first-order valence-electron chi connectivity index (χ1n) is 10.3. The summed E-state index contributed by atoms with van der Waals surface area (Å²) in [6.07, 6.45) is 3.99. The number of rotatable bonds is 3. The number of carboxylic acids is 1. The first kappa shape index (κ1) is 18.3. The molecule has 1 aliphatic heterocycles. The van der Waals surface area contributed by atoms with Crippen LogP contribution in [0.1, 0.15) is 38.2 Å². The molecule has 1 N–H and O–H groups in total. The Labute approximate surface area is 161 Å². The van der Waals surface area contributed by atoms with E-state index in [9.17, 15) is 14.7 Å². The summed E-state index contributed by atoms with van der Waals surface area (Å²) in [7, 11) is 0. The van der Waals surface area contributed by atoms with E-state index in [0.717, 1.165) is 32.2 Å². The molecule has 1 heterocycles. The minimum absolute atomic E-state index is 0.0900. The Morgan fingerprint density at radius 2 is 1.56 bits per heavy atom. The zero-order chi connectivity index (χ0) is 19.1. The van der Waals surface area contributed by atoms with Gasteiger partial charge in [-0.15, -0.1) is 0 Å². The topological polar surface area (TPSA) is 60.9 Å². The molecule has 3 atom stereocenters. The van der Waals surface area contributed by atoms with Gasteiger partial charge in [0.05, 0.1) is 11.8 Å². The number of amides is 1. The molecule has 146 valence electrons. The van der Waals surface area contributed by atoms with Gasteiger partial charge in [0.25, 0.3) is 0 Å². The predicted molar refractivity (Wildman–Crippen MR) is 105 cm³/mol. The highest BCUT2D eigenvalue weighted by atomic mass is 16.4. The summed E-state index contributed by atoms with van der Waals surface area (Å²) in [4.78, 5) is 29.5. The second-order valence-corrected chi connectivity index (χ2v) is 8.73. The van der Waals surface area contributed by atoms with Crippen LogP contribution in [0.2, 0.25) is 0 Å². The first-order valence-corrected chi connectivity index (χ1v) is 10.3. The second kappa shape index (κ2) is 7.17. The molecule has 1 aromatic carbocycles. The molecule has 0 aromatic heterocycles. The van der Waals surface area contributed by atoms with Gasteiger partial charge in [-0.25, -0.2) is 0 Å². The fourth-order valence-corrected chi connectivity index (χ4v) is 5.65. The number of nitrogens with zero attached hydrogens (tertiary/aromatic N) is 2. The van der Waals surface area contributed by atoms with Crippen molar-refractivity contribution >= 4 is 17.6 Å². The molecule has 1 aromatic rings. The second-order valence-electron chi connectivity index (χ2n) is 8.73. The van der Waals surface area contributed by atoms with E-state index in [4.69, 9.17) is 0 Å². The van der Waals surface area contributed by atoms with Crippen molar-refractivity contribution in [3.05, 3.63) is 29.8 Å². The van der Waals surface area contributed by atoms with E-state index in [1.165, 1.54) is 11.3 Å². The van der Waals surface area contributed by atoms with Gasteiger partial charge in [0, 0.05) is 31.4 Å². The molecule has 4 aliphatic rings. The highest BCUT2D eigenvalue weighted by Gasteiger charge is 2.51. The Kier molecular flexibility index (Phi) is 4.87. The van der Waals surface area contributed by atoms with Gasteiger partial charge in [-0.3, -0.25) is 9.59 Å². The number of fused-ring (bicyclic) bond motifs is 3. The molecule has 1 saturated heterocycles. The van der Waals surface area contributed by atoms with Crippen molar-refractivity contribution in [2.45, 2.75) is 45.6 Å². The quantitative estimate of drug-likeness (QED) is 0.888. The lowest BCUT2D eigenvalue weighted by molar-refractivity contribution is -0.162. The summed E-state index contributed by atoms with van der Waals surface area (Å²) < 4.78 is 0. The fraction of sp³-hybridized carbons (Fsp3) is 0.636. The Hall–Kier alpha value is -2.04. The number of piperazine rings is 1. The van der Waals surface area contributed by atoms with E-state index in [-0.39, 0.29) is 29.7 Å². The van der Waals surface area contributed by atoms with Gasteiger partial charge in [0.2, 0.25) is 5.91 Å². The molecule has 3 aliphatic carbocycles. The smallest absolute Gasteiger partial charge is 0.307 e. The number of carbonyl (C=O) groups is 2. The molecule has 0 unspecified atom stereocenters. The molecule has 5 rings (SSSR count). The van der Waals surface area contributed by atoms with Crippen LogP contribution in [0.5, 0.6) is 0 Å². The van der Waals surface area contributed by atoms with Crippen LogP contribution < -0.4 is 4.90 Å². The van der Waals surface area contributed by atoms with Crippen LogP contribution in [-0.4, -0.2) is 47.6 Å². The van der Waals surface area contributed by atoms with Gasteiger partial charge in [-0.1, -0.05) is 17.7 Å². The zero-order valence-corrected chi connectivity index (χ0v) is 16.3. The number of aliphatic carboxylic acids is 1. The maximum atomic E-state index is 13.3. The number of carboxylic acid groups (broad SMARTS) is 1. The minimum atomic E-state index is -0.769. The third-order valence-corrected chi connectivity index (χ3v) is 7.09. The van der Waals surface area contributed by atoms with E-state index in [0.29, 0.717) is 13.1 Å². The number of hydrogen-bond acceptors (Lipinski definition) is 3. The molecule has 2 bridgehead atoms. The molecule has 3 saturated carbocycles. The monoisotopic (exact) mass is 370 g/mol. The van der Waals surface area contributed by atoms with Crippen LogP contribution in [0.25, 0.3) is 0 Å². The number of aryl methyl sites for hydroxylation is 1. The number of anilines is 1. The van der Waals surface area contributed by atoms with Crippen LogP contribution in [0, 0.1) is 30.6 Å². The van der Waals surface area contributed by atoms with Crippen LogP contribution >= 0.6 is 0 Å². The minimum Gasteiger partial charge on any atom is -0.481 e. The van der Waals surface area contributed by atoms with Crippen LogP contribution in [0.3, 0.4) is 0 Å². The predicted octanol–water partition coefficient (Wildman–Crippen LogP) is 3.17. The molecular weight excluding hydrogens is 340 g/mol. The fourth-order valence-electron chi connectivity index (χ4n) is 5.65. The van der Waals surface area contributed by atoms with E-state index in [1.54, 1.807) is 0 Å². The highest BCUT2D eigenvalue weighted by molar-refractivity contribution is 5.86. The lowest BCUT2D eigenvalue weighted by atomic mass is 9.58. The Morgan fingerprint density at radius 1 is 0.963 bits per heavy atom. The third kappa shape index (κ3) is 3.32.